The number of rotatable bonds is 7. The van der Waals surface area contributed by atoms with Crippen LogP contribution in [0.15, 0.2) is 18.2 Å². The quantitative estimate of drug-likeness (QED) is 0.678. The summed E-state index contributed by atoms with van der Waals surface area (Å²) in [5.41, 5.74) is 1.03. The van der Waals surface area contributed by atoms with E-state index in [1.165, 1.54) is 0 Å². The van der Waals surface area contributed by atoms with E-state index in [0.717, 1.165) is 31.4 Å². The molecule has 0 radical (unpaired) electrons. The van der Waals surface area contributed by atoms with E-state index in [9.17, 15) is 4.39 Å². The van der Waals surface area contributed by atoms with Gasteiger partial charge in [-0.25, -0.2) is 4.39 Å². The fourth-order valence-electron chi connectivity index (χ4n) is 1.67. The lowest BCUT2D eigenvalue weighted by molar-refractivity contribution is 0.271. The predicted molar refractivity (Wildman–Crippen MR) is 69.1 cm³/mol. The van der Waals surface area contributed by atoms with Gasteiger partial charge in [-0.2, -0.15) is 0 Å². The van der Waals surface area contributed by atoms with Gasteiger partial charge in [0.1, 0.15) is 0 Å². The van der Waals surface area contributed by atoms with Crippen molar-refractivity contribution in [2.24, 2.45) is 0 Å². The van der Waals surface area contributed by atoms with Crippen molar-refractivity contribution < 1.29 is 9.13 Å². The summed E-state index contributed by atoms with van der Waals surface area (Å²) in [6.45, 7) is 3.60. The summed E-state index contributed by atoms with van der Waals surface area (Å²) in [5, 5.41) is 0. The molecule has 0 saturated heterocycles. The summed E-state index contributed by atoms with van der Waals surface area (Å²) < 4.78 is 19.0. The minimum atomic E-state index is -0.249. The van der Waals surface area contributed by atoms with Crippen molar-refractivity contribution in [1.82, 2.24) is 4.90 Å². The Labute approximate surface area is 103 Å². The summed E-state index contributed by atoms with van der Waals surface area (Å²) >= 11 is 0. The first-order chi connectivity index (χ1) is 8.13. The summed E-state index contributed by atoms with van der Waals surface area (Å²) in [7, 11) is 4.03. The van der Waals surface area contributed by atoms with E-state index in [4.69, 9.17) is 4.74 Å². The molecule has 96 valence electrons. The van der Waals surface area contributed by atoms with Crippen LogP contribution in [-0.4, -0.2) is 32.1 Å². The molecule has 0 heterocycles. The molecule has 3 heteroatoms. The normalized spacial score (nSPS) is 10.9. The zero-order valence-corrected chi connectivity index (χ0v) is 11.0. The molecule has 0 saturated carbocycles. The monoisotopic (exact) mass is 239 g/mol. The lowest BCUT2D eigenvalue weighted by Gasteiger charge is -2.11. The number of ether oxygens (including phenoxy) is 1. The Kier molecular flexibility index (Phi) is 5.98. The first kappa shape index (κ1) is 14.0. The van der Waals surface area contributed by atoms with Crippen molar-refractivity contribution in [3.05, 3.63) is 29.6 Å². The smallest absolute Gasteiger partial charge is 0.165 e. The van der Waals surface area contributed by atoms with Crippen molar-refractivity contribution in [2.75, 3.05) is 27.2 Å². The Bertz CT molecular complexity index is 339. The van der Waals surface area contributed by atoms with E-state index in [1.54, 1.807) is 12.1 Å². The number of hydrogen-bond acceptors (Lipinski definition) is 2. The molecule has 0 bridgehead atoms. The molecule has 0 aliphatic carbocycles. The fraction of sp³-hybridized carbons (Fsp3) is 0.571. The molecule has 0 fully saturated rings. The highest BCUT2D eigenvalue weighted by atomic mass is 19.1. The van der Waals surface area contributed by atoms with Crippen LogP contribution in [0.5, 0.6) is 5.75 Å². The second kappa shape index (κ2) is 7.28. The van der Waals surface area contributed by atoms with Crippen LogP contribution in [-0.2, 0) is 6.42 Å². The first-order valence-corrected chi connectivity index (χ1v) is 6.19. The summed E-state index contributed by atoms with van der Waals surface area (Å²) in [6.07, 6.45) is 2.85. The minimum absolute atomic E-state index is 0.249. The molecule has 0 atom stereocenters. The maximum atomic E-state index is 13.6. The van der Waals surface area contributed by atoms with Crippen molar-refractivity contribution in [3.8, 4) is 5.75 Å². The third kappa shape index (κ3) is 5.18. The Morgan fingerprint density at radius 2 is 2.06 bits per heavy atom. The van der Waals surface area contributed by atoms with Gasteiger partial charge in [-0.3, -0.25) is 0 Å². The van der Waals surface area contributed by atoms with Gasteiger partial charge in [0.15, 0.2) is 11.6 Å². The van der Waals surface area contributed by atoms with Gasteiger partial charge in [0.25, 0.3) is 0 Å². The molecule has 2 nitrogen and oxygen atoms in total. The van der Waals surface area contributed by atoms with Crippen molar-refractivity contribution >= 4 is 0 Å². The van der Waals surface area contributed by atoms with Gasteiger partial charge in [0, 0.05) is 6.54 Å². The molecule has 1 aromatic rings. The van der Waals surface area contributed by atoms with E-state index in [0.29, 0.717) is 12.4 Å². The molecular formula is C14H22FNO. The van der Waals surface area contributed by atoms with Crippen LogP contribution in [0.4, 0.5) is 4.39 Å². The van der Waals surface area contributed by atoms with Crippen LogP contribution in [0.3, 0.4) is 0 Å². The zero-order chi connectivity index (χ0) is 12.7. The van der Waals surface area contributed by atoms with Crippen LogP contribution in [0.2, 0.25) is 0 Å². The summed E-state index contributed by atoms with van der Waals surface area (Å²) in [4.78, 5) is 2.09. The Morgan fingerprint density at radius 1 is 1.29 bits per heavy atom. The molecule has 0 N–H and O–H groups in total. The van der Waals surface area contributed by atoms with Gasteiger partial charge in [-0.1, -0.05) is 19.4 Å². The highest BCUT2D eigenvalue weighted by Crippen LogP contribution is 2.19. The molecular weight excluding hydrogens is 217 g/mol. The summed E-state index contributed by atoms with van der Waals surface area (Å²) in [5.74, 6) is 0.115. The lowest BCUT2D eigenvalue weighted by atomic mass is 10.1. The van der Waals surface area contributed by atoms with Crippen molar-refractivity contribution in [3.63, 3.8) is 0 Å². The van der Waals surface area contributed by atoms with Gasteiger partial charge < -0.3 is 9.64 Å². The molecule has 17 heavy (non-hydrogen) atoms. The Hall–Kier alpha value is -1.09. The minimum Gasteiger partial charge on any atom is -0.490 e. The highest BCUT2D eigenvalue weighted by Gasteiger charge is 2.04. The molecule has 0 aromatic heterocycles. The molecule has 0 amide bonds. The van der Waals surface area contributed by atoms with E-state index < -0.39 is 0 Å². The Balaban J connectivity index is 2.43. The molecule has 0 aliphatic heterocycles. The second-order valence-electron chi connectivity index (χ2n) is 4.52. The zero-order valence-electron chi connectivity index (χ0n) is 11.0. The van der Waals surface area contributed by atoms with Crippen LogP contribution in [0.1, 0.15) is 25.3 Å². The van der Waals surface area contributed by atoms with E-state index in [1.807, 2.05) is 20.2 Å². The van der Waals surface area contributed by atoms with Crippen molar-refractivity contribution in [1.29, 1.82) is 0 Å². The van der Waals surface area contributed by atoms with Gasteiger partial charge in [-0.15, -0.1) is 0 Å². The predicted octanol–water partition coefficient (Wildman–Crippen LogP) is 3.11. The maximum Gasteiger partial charge on any atom is 0.165 e. The SMILES string of the molecule is CCCc1ccc(OCCCN(C)C)c(F)c1. The number of halogens is 1. The number of nitrogens with zero attached hydrogens (tertiary/aromatic N) is 1. The molecule has 0 aliphatic rings. The first-order valence-electron chi connectivity index (χ1n) is 6.19. The maximum absolute atomic E-state index is 13.6. The third-order valence-corrected chi connectivity index (χ3v) is 2.54. The van der Waals surface area contributed by atoms with Crippen molar-refractivity contribution in [2.45, 2.75) is 26.2 Å². The van der Waals surface area contributed by atoms with Crippen LogP contribution in [0, 0.1) is 5.82 Å². The average molecular weight is 239 g/mol. The van der Waals surface area contributed by atoms with Gasteiger partial charge in [0.05, 0.1) is 6.61 Å². The lowest BCUT2D eigenvalue weighted by Crippen LogP contribution is -2.15. The topological polar surface area (TPSA) is 12.5 Å². The Morgan fingerprint density at radius 3 is 2.65 bits per heavy atom. The highest BCUT2D eigenvalue weighted by molar-refractivity contribution is 5.29. The number of hydrogen-bond donors (Lipinski definition) is 0. The number of aryl methyl sites for hydroxylation is 1. The third-order valence-electron chi connectivity index (χ3n) is 2.54. The summed E-state index contributed by atoms with van der Waals surface area (Å²) in [6, 6.07) is 5.24. The van der Waals surface area contributed by atoms with Crippen LogP contribution < -0.4 is 4.74 Å². The van der Waals surface area contributed by atoms with Gasteiger partial charge in [-0.05, 0) is 44.6 Å². The molecule has 0 spiro atoms. The van der Waals surface area contributed by atoms with Gasteiger partial charge in [0.2, 0.25) is 0 Å². The molecule has 1 aromatic carbocycles. The molecule has 0 unspecified atom stereocenters. The van der Waals surface area contributed by atoms with E-state index in [2.05, 4.69) is 11.8 Å². The fourth-order valence-corrected chi connectivity index (χ4v) is 1.67. The van der Waals surface area contributed by atoms with Gasteiger partial charge >= 0.3 is 0 Å². The van der Waals surface area contributed by atoms with E-state index >= 15 is 0 Å². The second-order valence-corrected chi connectivity index (χ2v) is 4.52. The van der Waals surface area contributed by atoms with E-state index in [-0.39, 0.29) is 5.82 Å². The standard InChI is InChI=1S/C14H22FNO/c1-4-6-12-7-8-14(13(15)11-12)17-10-5-9-16(2)3/h7-8,11H,4-6,9-10H2,1-3H3. The largest absolute Gasteiger partial charge is 0.490 e. The van der Waals surface area contributed by atoms with Crippen LogP contribution in [0.25, 0.3) is 0 Å². The number of benzene rings is 1. The molecule has 1 rings (SSSR count). The average Bonchev–Trinajstić information content (AvgIpc) is 2.27. The van der Waals surface area contributed by atoms with Crippen LogP contribution >= 0.6 is 0 Å².